The molecule has 158 valence electrons. The second-order valence-electron chi connectivity index (χ2n) is 6.50. The summed E-state index contributed by atoms with van der Waals surface area (Å²) in [6, 6.07) is 3.73. The second-order valence-corrected chi connectivity index (χ2v) is 9.25. The van der Waals surface area contributed by atoms with E-state index in [-0.39, 0.29) is 27.9 Å². The molecule has 0 bridgehead atoms. The van der Waals surface area contributed by atoms with Crippen LogP contribution < -0.4 is 5.32 Å². The summed E-state index contributed by atoms with van der Waals surface area (Å²) in [6.45, 7) is 5.10. The molecule has 2 aromatic carbocycles. The fourth-order valence-electron chi connectivity index (χ4n) is 2.56. The highest BCUT2D eigenvalue weighted by Crippen LogP contribution is 2.37. The topological polar surface area (TPSA) is 83.5 Å². The molecule has 0 aliphatic heterocycles. The van der Waals surface area contributed by atoms with E-state index in [2.05, 4.69) is 5.32 Å². The highest BCUT2D eigenvalue weighted by atomic mass is 35.5. The molecule has 0 fully saturated rings. The minimum Gasteiger partial charge on any atom is -0.507 e. The largest absolute Gasteiger partial charge is 0.507 e. The summed E-state index contributed by atoms with van der Waals surface area (Å²) in [5, 5.41) is 12.6. The third-order valence-electron chi connectivity index (χ3n) is 4.18. The smallest absolute Gasteiger partial charge is 0.501 e. The first-order chi connectivity index (χ1) is 13.2. The van der Waals surface area contributed by atoms with Crippen LogP contribution in [0.3, 0.4) is 0 Å². The lowest BCUT2D eigenvalue weighted by atomic mass is 9.95. The molecule has 1 amide bonds. The third kappa shape index (κ3) is 4.46. The Hall–Kier alpha value is -1.97. The van der Waals surface area contributed by atoms with Crippen LogP contribution in [0.2, 0.25) is 10.0 Å². The van der Waals surface area contributed by atoms with Crippen molar-refractivity contribution < 1.29 is 31.5 Å². The lowest BCUT2D eigenvalue weighted by Crippen LogP contribution is -2.23. The van der Waals surface area contributed by atoms with Gasteiger partial charge in [0.25, 0.3) is 15.7 Å². The first-order valence-electron chi connectivity index (χ1n) is 8.12. The number of alkyl halides is 3. The van der Waals surface area contributed by atoms with Crippen LogP contribution in [0.4, 0.5) is 18.9 Å². The van der Waals surface area contributed by atoms with Crippen molar-refractivity contribution in [3.05, 3.63) is 51.0 Å². The predicted molar refractivity (Wildman–Crippen MR) is 105 cm³/mol. The van der Waals surface area contributed by atoms with Crippen molar-refractivity contribution in [2.24, 2.45) is 0 Å². The molecule has 0 unspecified atom stereocenters. The van der Waals surface area contributed by atoms with E-state index < -0.39 is 31.2 Å². The Balaban J connectivity index is 2.46. The number of carbonyl (C=O) groups is 1. The molecule has 0 aromatic heterocycles. The Bertz CT molecular complexity index is 1080. The van der Waals surface area contributed by atoms with E-state index in [4.69, 9.17) is 23.2 Å². The molecule has 0 saturated carbocycles. The Morgan fingerprint density at radius 1 is 1.14 bits per heavy atom. The minimum absolute atomic E-state index is 0.121. The van der Waals surface area contributed by atoms with Gasteiger partial charge in [-0.1, -0.05) is 37.0 Å². The van der Waals surface area contributed by atoms with Gasteiger partial charge in [-0.2, -0.15) is 13.2 Å². The van der Waals surface area contributed by atoms with Crippen molar-refractivity contribution in [1.82, 2.24) is 0 Å². The molecule has 2 N–H and O–H groups in total. The monoisotopic (exact) mass is 469 g/mol. The van der Waals surface area contributed by atoms with Gasteiger partial charge in [0.15, 0.2) is 0 Å². The lowest BCUT2D eigenvalue weighted by Gasteiger charge is -2.17. The zero-order valence-electron chi connectivity index (χ0n) is 15.4. The van der Waals surface area contributed by atoms with E-state index in [0.717, 1.165) is 6.07 Å². The van der Waals surface area contributed by atoms with Crippen LogP contribution in [0.5, 0.6) is 5.75 Å². The molecule has 5 nitrogen and oxygen atoms in total. The summed E-state index contributed by atoms with van der Waals surface area (Å²) >= 11 is 12.0. The van der Waals surface area contributed by atoms with Crippen molar-refractivity contribution in [3.8, 4) is 5.75 Å². The first kappa shape index (κ1) is 23.3. The molecular formula is C18H16Cl2F3NO4S. The second kappa shape index (κ2) is 8.04. The number of hydrogen-bond acceptors (Lipinski definition) is 4. The molecular weight excluding hydrogens is 454 g/mol. The molecule has 29 heavy (non-hydrogen) atoms. The molecule has 0 heterocycles. The van der Waals surface area contributed by atoms with E-state index in [1.807, 2.05) is 0 Å². The molecule has 0 aliphatic carbocycles. The molecule has 0 atom stereocenters. The SMILES string of the molecule is Cc1c(Cl)cc(C(C)C)c(O)c1C(=O)Nc1ccc(S(=O)(=O)C(F)(F)F)cc1Cl. The number of phenolic OH excluding ortho intramolecular Hbond substituents is 1. The highest BCUT2D eigenvalue weighted by Gasteiger charge is 2.47. The number of benzene rings is 2. The molecule has 0 saturated heterocycles. The van der Waals surface area contributed by atoms with Crippen LogP contribution in [0.15, 0.2) is 29.2 Å². The molecule has 11 heteroatoms. The summed E-state index contributed by atoms with van der Waals surface area (Å²) in [4.78, 5) is 11.6. The van der Waals surface area contributed by atoms with Crippen molar-refractivity contribution in [2.75, 3.05) is 5.32 Å². The summed E-state index contributed by atoms with van der Waals surface area (Å²) in [7, 11) is -5.59. The van der Waals surface area contributed by atoms with Gasteiger partial charge in [0.05, 0.1) is 21.2 Å². The summed E-state index contributed by atoms with van der Waals surface area (Å²) in [5.74, 6) is -1.24. The van der Waals surface area contributed by atoms with E-state index in [9.17, 15) is 31.5 Å². The van der Waals surface area contributed by atoms with Crippen LogP contribution in [-0.2, 0) is 9.84 Å². The molecule has 0 aliphatic rings. The van der Waals surface area contributed by atoms with Gasteiger partial charge in [-0.05, 0) is 48.2 Å². The number of halogens is 5. The van der Waals surface area contributed by atoms with Crippen molar-refractivity contribution in [3.63, 3.8) is 0 Å². The molecule has 2 rings (SSSR count). The number of sulfone groups is 1. The Morgan fingerprint density at radius 2 is 1.72 bits per heavy atom. The summed E-state index contributed by atoms with van der Waals surface area (Å²) in [6.07, 6.45) is 0. The van der Waals surface area contributed by atoms with Crippen molar-refractivity contribution in [2.45, 2.75) is 37.1 Å². The Labute approximate surface area is 175 Å². The van der Waals surface area contributed by atoms with Gasteiger partial charge in [-0.25, -0.2) is 8.42 Å². The number of hydrogen-bond donors (Lipinski definition) is 2. The van der Waals surface area contributed by atoms with Crippen LogP contribution >= 0.6 is 23.2 Å². The number of carbonyl (C=O) groups excluding carboxylic acids is 1. The number of rotatable bonds is 4. The maximum Gasteiger partial charge on any atom is 0.501 e. The zero-order chi connectivity index (χ0) is 22.3. The van der Waals surface area contributed by atoms with Crippen LogP contribution in [0.25, 0.3) is 0 Å². The van der Waals surface area contributed by atoms with Crippen LogP contribution in [0, 0.1) is 6.92 Å². The van der Waals surface area contributed by atoms with Crippen LogP contribution in [0.1, 0.15) is 41.3 Å². The minimum atomic E-state index is -5.59. The first-order valence-corrected chi connectivity index (χ1v) is 10.4. The van der Waals surface area contributed by atoms with Gasteiger partial charge >= 0.3 is 5.51 Å². The van der Waals surface area contributed by atoms with E-state index in [1.54, 1.807) is 13.8 Å². The number of amides is 1. The fraction of sp³-hybridized carbons (Fsp3) is 0.278. The Morgan fingerprint density at radius 3 is 2.21 bits per heavy atom. The third-order valence-corrected chi connectivity index (χ3v) is 6.37. The van der Waals surface area contributed by atoms with Gasteiger partial charge in [0.1, 0.15) is 5.75 Å². The summed E-state index contributed by atoms with van der Waals surface area (Å²) in [5.41, 5.74) is -5.02. The van der Waals surface area contributed by atoms with Gasteiger partial charge in [0, 0.05) is 5.02 Å². The molecule has 2 aromatic rings. The normalized spacial score (nSPS) is 12.3. The standard InChI is InChI=1S/C18H16Cl2F3NO4S/c1-8(2)11-7-12(19)9(3)15(16(11)25)17(26)24-14-5-4-10(6-13(14)20)29(27,28)18(21,22)23/h4-8,25H,1-3H3,(H,24,26). The molecule has 0 spiro atoms. The number of aromatic hydroxyl groups is 1. The van der Waals surface area contributed by atoms with Gasteiger partial charge in [0.2, 0.25) is 0 Å². The van der Waals surface area contributed by atoms with E-state index in [0.29, 0.717) is 23.3 Å². The van der Waals surface area contributed by atoms with Crippen molar-refractivity contribution in [1.29, 1.82) is 0 Å². The Kier molecular flexibility index (Phi) is 6.46. The zero-order valence-corrected chi connectivity index (χ0v) is 17.7. The molecule has 0 radical (unpaired) electrons. The van der Waals surface area contributed by atoms with E-state index in [1.165, 1.54) is 13.0 Å². The van der Waals surface area contributed by atoms with Gasteiger partial charge in [-0.3, -0.25) is 4.79 Å². The lowest BCUT2D eigenvalue weighted by molar-refractivity contribution is -0.0436. The van der Waals surface area contributed by atoms with Crippen molar-refractivity contribution >= 4 is 44.6 Å². The quantitative estimate of drug-likeness (QED) is 0.603. The van der Waals surface area contributed by atoms with Crippen LogP contribution in [-0.4, -0.2) is 24.9 Å². The average Bonchev–Trinajstić information content (AvgIpc) is 2.58. The average molecular weight is 470 g/mol. The number of nitrogens with one attached hydrogen (secondary N) is 1. The fourth-order valence-corrected chi connectivity index (χ4v) is 3.85. The van der Waals surface area contributed by atoms with E-state index >= 15 is 0 Å². The summed E-state index contributed by atoms with van der Waals surface area (Å²) < 4.78 is 61.0. The van der Waals surface area contributed by atoms with Gasteiger partial charge < -0.3 is 10.4 Å². The number of phenols is 1. The van der Waals surface area contributed by atoms with Gasteiger partial charge in [-0.15, -0.1) is 0 Å². The number of anilines is 1. The highest BCUT2D eigenvalue weighted by molar-refractivity contribution is 7.92. The maximum absolute atomic E-state index is 12.7. The predicted octanol–water partition coefficient (Wildman–Crippen LogP) is 5.68. The maximum atomic E-state index is 12.7.